The molecule has 0 radical (unpaired) electrons. The van der Waals surface area contributed by atoms with E-state index in [0.29, 0.717) is 49.7 Å². The van der Waals surface area contributed by atoms with Crippen molar-refractivity contribution in [3.05, 3.63) is 81.6 Å². The second-order valence-electron chi connectivity index (χ2n) is 16.5. The number of rotatable bonds is 16. The van der Waals surface area contributed by atoms with Crippen LogP contribution in [0.3, 0.4) is 0 Å². The van der Waals surface area contributed by atoms with Crippen molar-refractivity contribution in [1.29, 1.82) is 5.26 Å². The van der Waals surface area contributed by atoms with E-state index in [1.165, 1.54) is 30.0 Å². The Balaban J connectivity index is 1.21. The van der Waals surface area contributed by atoms with Crippen LogP contribution in [-0.2, 0) is 29.6 Å². The highest BCUT2D eigenvalue weighted by atomic mass is 35.5. The van der Waals surface area contributed by atoms with E-state index in [4.69, 9.17) is 47.1 Å². The van der Waals surface area contributed by atoms with Crippen LogP contribution in [0.2, 0.25) is 5.02 Å². The molecule has 0 unspecified atom stereocenters. The Bertz CT molecular complexity index is 2380. The van der Waals surface area contributed by atoms with E-state index in [9.17, 15) is 24.4 Å². The molecule has 0 saturated carbocycles. The second-order valence-corrected chi connectivity index (χ2v) is 18.8. The maximum absolute atomic E-state index is 13.2. The summed E-state index contributed by atoms with van der Waals surface area (Å²) in [4.78, 5) is 66.5. The monoisotopic (exact) mass is 930 g/mol. The molecule has 5 rings (SSSR count). The highest BCUT2D eigenvalue weighted by Crippen LogP contribution is 2.45. The van der Waals surface area contributed by atoms with Crippen LogP contribution in [0.15, 0.2) is 58.9 Å². The third-order valence-electron chi connectivity index (χ3n) is 9.06. The number of alkyl carbamates (subject to hydrolysis) is 2. The van der Waals surface area contributed by atoms with Gasteiger partial charge in [0.15, 0.2) is 0 Å². The lowest BCUT2D eigenvalue weighted by molar-refractivity contribution is -0.148. The molecular weight excluding hydrogens is 880 g/mol. The normalized spacial score (nSPS) is 13.4. The lowest BCUT2D eigenvalue weighted by Crippen LogP contribution is -2.56. The van der Waals surface area contributed by atoms with E-state index in [1.807, 2.05) is 29.6 Å². The van der Waals surface area contributed by atoms with E-state index in [1.54, 1.807) is 65.8 Å². The fourth-order valence-corrected chi connectivity index (χ4v) is 8.14. The molecular formula is C45H51ClN8O8S2. The number of carbonyl (C=O) groups is 4. The Labute approximate surface area is 386 Å². The number of nitriles is 1. The van der Waals surface area contributed by atoms with Crippen LogP contribution in [0.1, 0.15) is 72.6 Å². The number of thiazole rings is 1. The number of thioether (sulfide) groups is 1. The van der Waals surface area contributed by atoms with Gasteiger partial charge in [0.25, 0.3) is 0 Å². The summed E-state index contributed by atoms with van der Waals surface area (Å²) >= 11 is 9.00. The van der Waals surface area contributed by atoms with Gasteiger partial charge in [-0.2, -0.15) is 5.26 Å². The van der Waals surface area contributed by atoms with Gasteiger partial charge in [-0.3, -0.25) is 4.79 Å². The Morgan fingerprint density at radius 1 is 0.938 bits per heavy atom. The van der Waals surface area contributed by atoms with Crippen LogP contribution in [0.5, 0.6) is 5.75 Å². The molecule has 0 aliphatic carbocycles. The molecule has 1 aliphatic heterocycles. The number of pyridine rings is 1. The van der Waals surface area contributed by atoms with Gasteiger partial charge < -0.3 is 39.8 Å². The smallest absolute Gasteiger partial charge is 0.408 e. The molecule has 0 bridgehead atoms. The minimum Gasteiger partial charge on any atom is -0.490 e. The van der Waals surface area contributed by atoms with E-state index in [-0.39, 0.29) is 19.8 Å². The van der Waals surface area contributed by atoms with Gasteiger partial charge in [0.05, 0.1) is 24.4 Å². The summed E-state index contributed by atoms with van der Waals surface area (Å²) in [6, 6.07) is 14.3. The number of carbonyl (C=O) groups excluding carboxylic acids is 4. The average Bonchev–Trinajstić information content (AvgIpc) is 3.95. The van der Waals surface area contributed by atoms with E-state index >= 15 is 0 Å². The molecule has 0 spiro atoms. The fourth-order valence-electron chi connectivity index (χ4n) is 6.20. The summed E-state index contributed by atoms with van der Waals surface area (Å²) in [7, 11) is 0. The summed E-state index contributed by atoms with van der Waals surface area (Å²) in [6.45, 7) is 20.6. The molecule has 16 nitrogen and oxygen atoms in total. The molecule has 338 valence electrons. The highest BCUT2D eigenvalue weighted by Gasteiger charge is 2.30. The first-order valence-electron chi connectivity index (χ1n) is 20.4. The van der Waals surface area contributed by atoms with Crippen molar-refractivity contribution in [2.75, 3.05) is 37.7 Å². The summed E-state index contributed by atoms with van der Waals surface area (Å²) in [5.41, 5.74) is 1.85. The Hall–Kier alpha value is -6.08. The third-order valence-corrected chi connectivity index (χ3v) is 11.3. The Kier molecular flexibility index (Phi) is 16.8. The van der Waals surface area contributed by atoms with Crippen molar-refractivity contribution in [1.82, 2.24) is 25.9 Å². The van der Waals surface area contributed by atoms with Crippen molar-refractivity contribution in [2.45, 2.75) is 95.4 Å². The fraction of sp³-hybridized carbons (Fsp3) is 0.422. The first-order chi connectivity index (χ1) is 30.3. The van der Waals surface area contributed by atoms with Crippen LogP contribution in [0.4, 0.5) is 21.1 Å². The number of amides is 3. The van der Waals surface area contributed by atoms with Gasteiger partial charge in [-0.15, -0.1) is 11.3 Å². The Morgan fingerprint density at radius 3 is 2.20 bits per heavy atom. The topological polar surface area (TPSA) is 198 Å². The first-order valence-corrected chi connectivity index (χ1v) is 22.7. The van der Waals surface area contributed by atoms with Crippen LogP contribution in [0, 0.1) is 17.9 Å². The van der Waals surface area contributed by atoms with Crippen molar-refractivity contribution in [2.24, 2.45) is 0 Å². The first kappa shape index (κ1) is 48.9. The summed E-state index contributed by atoms with van der Waals surface area (Å²) < 4.78 is 21.7. The minimum atomic E-state index is -1.32. The zero-order valence-electron chi connectivity index (χ0n) is 36.7. The molecule has 3 amide bonds. The molecule has 1 aliphatic rings. The average molecular weight is 932 g/mol. The van der Waals surface area contributed by atoms with Crippen LogP contribution in [0.25, 0.3) is 26.5 Å². The third kappa shape index (κ3) is 14.2. The zero-order valence-corrected chi connectivity index (χ0v) is 39.1. The Morgan fingerprint density at radius 2 is 1.58 bits per heavy atom. The maximum atomic E-state index is 13.2. The number of aromatic nitrogens is 2. The molecule has 2 atom stereocenters. The summed E-state index contributed by atoms with van der Waals surface area (Å²) in [5.74, 6) is -0.0932. The number of esters is 1. The van der Waals surface area contributed by atoms with Gasteiger partial charge in [-0.1, -0.05) is 47.6 Å². The number of halogens is 1. The number of ether oxygens (including phenoxy) is 4. The lowest BCUT2D eigenvalue weighted by Gasteiger charge is -2.25. The lowest BCUT2D eigenvalue weighted by atomic mass is 9.99. The van der Waals surface area contributed by atoms with Gasteiger partial charge >= 0.3 is 18.2 Å². The molecule has 3 heterocycles. The van der Waals surface area contributed by atoms with Gasteiger partial charge in [0.2, 0.25) is 11.6 Å². The van der Waals surface area contributed by atoms with E-state index < -0.39 is 47.3 Å². The molecule has 4 aromatic rings. The standard InChI is InChI=1S/C45H51ClN8O8S2/c1-27(50-38(55)34(52-43(58)62-45(5,6)7)24-49-42(57)61-44(2,3)4)41(56)60-22-21-59-32-17-13-28(14-18-32)35-33(23-47)40(53-37(36(35)48-8)54-19-9-10-20-54)64-26-31-25-63-39(51-31)29-11-15-30(46)16-12-29/h11-18,25,27,34H,9-10,19-22,24,26H2,1-7H3,(H,49,57)(H,50,55)(H,52,58)/t27-,34-/m0/s1. The molecule has 3 N–H and O–H groups in total. The largest absolute Gasteiger partial charge is 0.490 e. The van der Waals surface area contributed by atoms with Gasteiger partial charge in [0.1, 0.15) is 64.2 Å². The minimum absolute atomic E-state index is 0.0311. The van der Waals surface area contributed by atoms with E-state index in [0.717, 1.165) is 42.2 Å². The van der Waals surface area contributed by atoms with Crippen molar-refractivity contribution < 1.29 is 38.1 Å². The number of nitrogens with one attached hydrogen (secondary N) is 3. The molecule has 1 fully saturated rings. The van der Waals surface area contributed by atoms with Gasteiger partial charge in [0, 0.05) is 40.4 Å². The van der Waals surface area contributed by atoms with Crippen molar-refractivity contribution in [3.8, 4) is 33.5 Å². The predicted molar refractivity (Wildman–Crippen MR) is 246 cm³/mol. The summed E-state index contributed by atoms with van der Waals surface area (Å²) in [6.07, 6.45) is 0.238. The zero-order chi connectivity index (χ0) is 46.6. The molecule has 2 aromatic heterocycles. The van der Waals surface area contributed by atoms with E-state index in [2.05, 4.69) is 31.8 Å². The summed E-state index contributed by atoms with van der Waals surface area (Å²) in [5, 5.41) is 21.9. The SMILES string of the molecule is [C-]#[N+]c1c(N2CCCC2)nc(SCc2csc(-c3ccc(Cl)cc3)n2)c(C#N)c1-c1ccc(OCCOC(=O)[C@H](C)NC(=O)[C@H](CNC(=O)OC(C)(C)C)NC(=O)OC(C)(C)C)cc1. The number of hydrogen-bond acceptors (Lipinski definition) is 14. The van der Waals surface area contributed by atoms with Crippen LogP contribution >= 0.6 is 34.7 Å². The van der Waals surface area contributed by atoms with Crippen molar-refractivity contribution >= 4 is 70.3 Å². The quantitative estimate of drug-likeness (QED) is 0.0317. The number of benzene rings is 2. The van der Waals surface area contributed by atoms with Gasteiger partial charge in [-0.05, 0) is 91.1 Å². The van der Waals surface area contributed by atoms with Crippen molar-refractivity contribution in [3.63, 3.8) is 0 Å². The molecule has 19 heteroatoms. The molecule has 64 heavy (non-hydrogen) atoms. The molecule has 2 aromatic carbocycles. The predicted octanol–water partition coefficient (Wildman–Crippen LogP) is 8.69. The second kappa shape index (κ2) is 22.0. The van der Waals surface area contributed by atoms with Crippen LogP contribution in [-0.4, -0.2) is 90.2 Å². The van der Waals surface area contributed by atoms with Crippen LogP contribution < -0.4 is 25.6 Å². The number of nitrogens with zero attached hydrogens (tertiary/aromatic N) is 5. The van der Waals surface area contributed by atoms with Gasteiger partial charge in [-0.25, -0.2) is 29.2 Å². The molecule has 1 saturated heterocycles. The highest BCUT2D eigenvalue weighted by molar-refractivity contribution is 7.98. The number of anilines is 1. The number of hydrogen-bond donors (Lipinski definition) is 3. The maximum Gasteiger partial charge on any atom is 0.408 e.